The number of hydrogen-bond acceptors (Lipinski definition) is 4. The van der Waals surface area contributed by atoms with Gasteiger partial charge in [-0.25, -0.2) is 4.98 Å². The van der Waals surface area contributed by atoms with Crippen molar-refractivity contribution in [3.8, 4) is 5.75 Å². The lowest BCUT2D eigenvalue weighted by Gasteiger charge is -2.18. The van der Waals surface area contributed by atoms with E-state index in [-0.39, 0.29) is 5.91 Å². The van der Waals surface area contributed by atoms with Crippen molar-refractivity contribution >= 4 is 17.2 Å². The van der Waals surface area contributed by atoms with E-state index in [1.807, 2.05) is 56.0 Å². The van der Waals surface area contributed by atoms with E-state index in [2.05, 4.69) is 4.98 Å². The molecule has 118 valence electrons. The molecule has 0 bridgehead atoms. The molecule has 2 aromatic rings. The van der Waals surface area contributed by atoms with Gasteiger partial charge >= 0.3 is 0 Å². The number of nitrogens with zero attached hydrogens (tertiary/aromatic N) is 2. The van der Waals surface area contributed by atoms with Crippen molar-refractivity contribution in [2.24, 2.45) is 0 Å². The Morgan fingerprint density at radius 3 is 2.55 bits per heavy atom. The summed E-state index contributed by atoms with van der Waals surface area (Å²) < 4.78 is 5.71. The number of benzene rings is 1. The van der Waals surface area contributed by atoms with E-state index in [0.717, 1.165) is 34.4 Å². The fourth-order valence-electron chi connectivity index (χ4n) is 2.20. The van der Waals surface area contributed by atoms with Gasteiger partial charge < -0.3 is 9.64 Å². The van der Waals surface area contributed by atoms with Gasteiger partial charge in [-0.1, -0.05) is 18.2 Å². The number of rotatable bonds is 7. The number of carbonyl (C=O) groups excluding carboxylic acids is 1. The summed E-state index contributed by atoms with van der Waals surface area (Å²) in [6.45, 7) is 7.89. The molecule has 2 rings (SSSR count). The van der Waals surface area contributed by atoms with E-state index < -0.39 is 0 Å². The van der Waals surface area contributed by atoms with Crippen molar-refractivity contribution in [1.29, 1.82) is 0 Å². The van der Waals surface area contributed by atoms with Crippen molar-refractivity contribution < 1.29 is 9.53 Å². The van der Waals surface area contributed by atoms with Gasteiger partial charge in [-0.2, -0.15) is 0 Å². The van der Waals surface area contributed by atoms with Crippen molar-refractivity contribution in [2.75, 3.05) is 13.1 Å². The number of likely N-dealkylation sites (N-methyl/N-ethyl adjacent to an activating group) is 1. The summed E-state index contributed by atoms with van der Waals surface area (Å²) in [7, 11) is 0. The van der Waals surface area contributed by atoms with Crippen LogP contribution in [-0.4, -0.2) is 28.9 Å². The van der Waals surface area contributed by atoms with Gasteiger partial charge in [-0.05, 0) is 32.9 Å². The zero-order chi connectivity index (χ0) is 15.9. The molecule has 5 heteroatoms. The molecule has 0 saturated heterocycles. The van der Waals surface area contributed by atoms with Gasteiger partial charge in [0.25, 0.3) is 0 Å². The standard InChI is InChI=1S/C17H22N2O2S/c1-4-19(5-2)17(20)11-15-13(3)18-16(22-15)12-21-14-9-7-6-8-10-14/h6-10H,4-5,11-12H2,1-3H3. The highest BCUT2D eigenvalue weighted by molar-refractivity contribution is 7.11. The van der Waals surface area contributed by atoms with Crippen molar-refractivity contribution in [3.05, 3.63) is 45.9 Å². The molecule has 1 amide bonds. The fraction of sp³-hybridized carbons (Fsp3) is 0.412. The maximum absolute atomic E-state index is 12.2. The van der Waals surface area contributed by atoms with E-state index >= 15 is 0 Å². The molecular weight excluding hydrogens is 296 g/mol. The Kier molecular flexibility index (Phi) is 5.95. The third-order valence-electron chi connectivity index (χ3n) is 3.47. The first-order valence-corrected chi connectivity index (χ1v) is 8.36. The Balaban J connectivity index is 1.97. The minimum atomic E-state index is 0.160. The van der Waals surface area contributed by atoms with Crippen LogP contribution in [0.4, 0.5) is 0 Å². The number of aromatic nitrogens is 1. The molecule has 0 spiro atoms. The summed E-state index contributed by atoms with van der Waals surface area (Å²) in [5.74, 6) is 0.989. The van der Waals surface area contributed by atoms with Crippen LogP contribution in [0.25, 0.3) is 0 Å². The molecule has 0 N–H and O–H groups in total. The van der Waals surface area contributed by atoms with Crippen LogP contribution in [0.2, 0.25) is 0 Å². The molecule has 0 aliphatic carbocycles. The molecule has 0 saturated carbocycles. The molecule has 1 aromatic carbocycles. The molecule has 0 atom stereocenters. The largest absolute Gasteiger partial charge is 0.486 e. The maximum atomic E-state index is 12.2. The minimum Gasteiger partial charge on any atom is -0.486 e. The van der Waals surface area contributed by atoms with Gasteiger partial charge in [0.15, 0.2) is 0 Å². The first-order chi connectivity index (χ1) is 10.6. The average molecular weight is 318 g/mol. The summed E-state index contributed by atoms with van der Waals surface area (Å²) in [5.41, 5.74) is 0.928. The summed E-state index contributed by atoms with van der Waals surface area (Å²) in [6.07, 6.45) is 0.427. The Labute approximate surface area is 135 Å². The van der Waals surface area contributed by atoms with Gasteiger partial charge in [0.2, 0.25) is 5.91 Å². The van der Waals surface area contributed by atoms with Gasteiger partial charge in [-0.15, -0.1) is 11.3 Å². The number of ether oxygens (including phenoxy) is 1. The summed E-state index contributed by atoms with van der Waals surface area (Å²) in [6, 6.07) is 9.68. The van der Waals surface area contributed by atoms with Crippen LogP contribution < -0.4 is 4.74 Å². The normalized spacial score (nSPS) is 10.5. The third-order valence-corrected chi connectivity index (χ3v) is 4.60. The van der Waals surface area contributed by atoms with Crippen LogP contribution in [0.5, 0.6) is 5.75 Å². The van der Waals surface area contributed by atoms with E-state index in [1.165, 1.54) is 0 Å². The lowest BCUT2D eigenvalue weighted by Crippen LogP contribution is -2.31. The van der Waals surface area contributed by atoms with Crippen molar-refractivity contribution in [1.82, 2.24) is 9.88 Å². The Hall–Kier alpha value is -1.88. The number of amides is 1. The summed E-state index contributed by atoms with van der Waals surface area (Å²) >= 11 is 1.56. The van der Waals surface area contributed by atoms with Crippen molar-refractivity contribution in [2.45, 2.75) is 33.8 Å². The molecule has 1 aromatic heterocycles. The zero-order valence-corrected chi connectivity index (χ0v) is 14.2. The van der Waals surface area contributed by atoms with Gasteiger partial charge in [0.1, 0.15) is 17.4 Å². The number of aryl methyl sites for hydroxylation is 1. The average Bonchev–Trinajstić information content (AvgIpc) is 2.87. The molecule has 0 unspecified atom stereocenters. The number of hydrogen-bond donors (Lipinski definition) is 0. The smallest absolute Gasteiger partial charge is 0.227 e. The molecule has 22 heavy (non-hydrogen) atoms. The van der Waals surface area contributed by atoms with Crippen LogP contribution in [0.15, 0.2) is 30.3 Å². The second-order valence-corrected chi connectivity index (χ2v) is 6.13. The van der Waals surface area contributed by atoms with Gasteiger partial charge in [-0.3, -0.25) is 4.79 Å². The second kappa shape index (κ2) is 7.94. The van der Waals surface area contributed by atoms with Crippen molar-refractivity contribution in [3.63, 3.8) is 0 Å². The number of para-hydroxylation sites is 1. The molecule has 0 aliphatic heterocycles. The van der Waals surface area contributed by atoms with E-state index in [1.54, 1.807) is 11.3 Å². The molecule has 1 heterocycles. The molecule has 4 nitrogen and oxygen atoms in total. The number of thiazole rings is 1. The fourth-order valence-corrected chi connectivity index (χ4v) is 3.18. The van der Waals surface area contributed by atoms with Crippen LogP contribution in [0, 0.1) is 6.92 Å². The first kappa shape index (κ1) is 16.5. The van der Waals surface area contributed by atoms with Crippen LogP contribution in [0.1, 0.15) is 29.4 Å². The molecule has 0 fully saturated rings. The Morgan fingerprint density at radius 2 is 1.91 bits per heavy atom. The van der Waals surface area contributed by atoms with E-state index in [9.17, 15) is 4.79 Å². The van der Waals surface area contributed by atoms with Gasteiger partial charge in [0, 0.05) is 18.0 Å². The van der Waals surface area contributed by atoms with Crippen LogP contribution >= 0.6 is 11.3 Å². The lowest BCUT2D eigenvalue weighted by atomic mass is 10.2. The highest BCUT2D eigenvalue weighted by atomic mass is 32.1. The Morgan fingerprint density at radius 1 is 1.23 bits per heavy atom. The quantitative estimate of drug-likeness (QED) is 0.785. The highest BCUT2D eigenvalue weighted by Crippen LogP contribution is 2.21. The molecule has 0 aliphatic rings. The minimum absolute atomic E-state index is 0.160. The van der Waals surface area contributed by atoms with Gasteiger partial charge in [0.05, 0.1) is 12.1 Å². The Bertz CT molecular complexity index is 606. The lowest BCUT2D eigenvalue weighted by molar-refractivity contribution is -0.130. The van der Waals surface area contributed by atoms with E-state index in [0.29, 0.717) is 13.0 Å². The molecular formula is C17H22N2O2S. The first-order valence-electron chi connectivity index (χ1n) is 7.54. The monoisotopic (exact) mass is 318 g/mol. The van der Waals surface area contributed by atoms with Crippen LogP contribution in [-0.2, 0) is 17.8 Å². The highest BCUT2D eigenvalue weighted by Gasteiger charge is 2.15. The predicted molar refractivity (Wildman–Crippen MR) is 89.3 cm³/mol. The summed E-state index contributed by atoms with van der Waals surface area (Å²) in [5, 5.41) is 0.906. The molecule has 0 radical (unpaired) electrons. The van der Waals surface area contributed by atoms with E-state index in [4.69, 9.17) is 4.74 Å². The zero-order valence-electron chi connectivity index (χ0n) is 13.3. The van der Waals surface area contributed by atoms with Crippen LogP contribution in [0.3, 0.4) is 0 Å². The third kappa shape index (κ3) is 4.31. The second-order valence-electron chi connectivity index (χ2n) is 4.96. The predicted octanol–water partition coefficient (Wildman–Crippen LogP) is 3.44. The summed E-state index contributed by atoms with van der Waals surface area (Å²) in [4.78, 5) is 19.6. The maximum Gasteiger partial charge on any atom is 0.227 e. The number of carbonyl (C=O) groups is 1. The topological polar surface area (TPSA) is 42.4 Å². The SMILES string of the molecule is CCN(CC)C(=O)Cc1sc(COc2ccccc2)nc1C.